The molecule has 35 heavy (non-hydrogen) atoms. The van der Waals surface area contributed by atoms with Gasteiger partial charge in [-0.3, -0.25) is 4.98 Å². The summed E-state index contributed by atoms with van der Waals surface area (Å²) in [6.45, 7) is 0. The molecule has 0 aliphatic carbocycles. The van der Waals surface area contributed by atoms with Gasteiger partial charge in [-0.2, -0.15) is 4.68 Å². The summed E-state index contributed by atoms with van der Waals surface area (Å²) in [5.41, 5.74) is 12.4. The van der Waals surface area contributed by atoms with Crippen LogP contribution in [0.5, 0.6) is 11.5 Å². The number of nitrogens with zero attached hydrogens (tertiary/aromatic N) is 3. The topological polar surface area (TPSA) is 146 Å². The Labute approximate surface area is 208 Å². The number of nitrogens with two attached hydrogens (primary N) is 2. The van der Waals surface area contributed by atoms with E-state index in [0.717, 1.165) is 10.2 Å². The monoisotopic (exact) mass is 543 g/mol. The number of benzene rings is 2. The van der Waals surface area contributed by atoms with Crippen LogP contribution in [0.15, 0.2) is 64.0 Å². The van der Waals surface area contributed by atoms with E-state index in [9.17, 15) is 4.79 Å². The lowest BCUT2D eigenvalue weighted by Crippen LogP contribution is -2.20. The molecule has 0 aliphatic heterocycles. The molecule has 0 amide bonds. The van der Waals surface area contributed by atoms with Crippen LogP contribution in [0.1, 0.15) is 29.2 Å². The third kappa shape index (κ3) is 5.04. The molecule has 0 bridgehead atoms. The molecule has 4 aromatic rings. The van der Waals surface area contributed by atoms with Gasteiger partial charge in [-0.1, -0.05) is 12.1 Å². The van der Waals surface area contributed by atoms with E-state index in [1.54, 1.807) is 36.4 Å². The van der Waals surface area contributed by atoms with E-state index in [-0.39, 0.29) is 23.0 Å². The molecule has 0 saturated heterocycles. The van der Waals surface area contributed by atoms with E-state index >= 15 is 4.39 Å². The Morgan fingerprint density at radius 1 is 1.11 bits per heavy atom. The number of aromatic nitrogens is 4. The highest BCUT2D eigenvalue weighted by atomic mass is 79.9. The van der Waals surface area contributed by atoms with Crippen molar-refractivity contribution in [1.82, 2.24) is 19.7 Å². The number of aromatic amines is 1. The summed E-state index contributed by atoms with van der Waals surface area (Å²) in [4.78, 5) is 19.7. The van der Waals surface area contributed by atoms with Gasteiger partial charge in [-0.05, 0) is 51.8 Å². The molecule has 2 heterocycles. The van der Waals surface area contributed by atoms with Crippen molar-refractivity contribution in [3.63, 3.8) is 0 Å². The van der Waals surface area contributed by atoms with Gasteiger partial charge in [0.2, 0.25) is 0 Å². The van der Waals surface area contributed by atoms with Crippen LogP contribution in [0.25, 0.3) is 5.82 Å². The maximum Gasteiger partial charge on any atom is 0.349 e. The van der Waals surface area contributed by atoms with Gasteiger partial charge in [0.05, 0.1) is 24.9 Å². The average Bonchev–Trinajstić information content (AvgIpc) is 3.24. The Morgan fingerprint density at radius 3 is 2.43 bits per heavy atom. The number of hydrogen-bond donors (Lipinski definition) is 4. The molecule has 4 rings (SSSR count). The van der Waals surface area contributed by atoms with Crippen molar-refractivity contribution in [2.75, 3.05) is 19.5 Å². The standard InChI is InChI=1S/C23H23BrFN7O3/c1-34-17-10-14(16(25)11-18(17)35-2)19(29-13-7-5-12(6-8-13)20(26)27)21-30-23(33)32(31-21)22-15(24)4-3-9-28-22/h3-11,19-20,29H,26-27H2,1-2H3,(H,30,31,33). The summed E-state index contributed by atoms with van der Waals surface area (Å²) in [6.07, 6.45) is 0.904. The zero-order valence-electron chi connectivity index (χ0n) is 18.8. The summed E-state index contributed by atoms with van der Waals surface area (Å²) in [5, 5.41) is 7.63. The van der Waals surface area contributed by atoms with Crippen molar-refractivity contribution in [3.05, 3.63) is 92.5 Å². The second kappa shape index (κ2) is 10.3. The molecule has 0 aliphatic rings. The number of pyridine rings is 1. The first kappa shape index (κ1) is 24.4. The Hall–Kier alpha value is -3.74. The van der Waals surface area contributed by atoms with E-state index < -0.39 is 23.7 Å². The van der Waals surface area contributed by atoms with Crippen LogP contribution < -0.4 is 31.9 Å². The number of ether oxygens (including phenoxy) is 2. The molecule has 1 atom stereocenters. The first-order chi connectivity index (χ1) is 16.8. The molecule has 10 nitrogen and oxygen atoms in total. The molecule has 2 aromatic carbocycles. The maximum absolute atomic E-state index is 15.3. The van der Waals surface area contributed by atoms with Crippen molar-refractivity contribution in [2.24, 2.45) is 11.5 Å². The van der Waals surface area contributed by atoms with E-state index in [4.69, 9.17) is 20.9 Å². The first-order valence-electron chi connectivity index (χ1n) is 10.4. The second-order valence-corrected chi connectivity index (χ2v) is 8.34. The van der Waals surface area contributed by atoms with E-state index in [1.807, 2.05) is 0 Å². The fraction of sp³-hybridized carbons (Fsp3) is 0.174. The number of rotatable bonds is 8. The van der Waals surface area contributed by atoms with Crippen LogP contribution in [-0.2, 0) is 0 Å². The minimum atomic E-state index is -0.913. The van der Waals surface area contributed by atoms with Crippen molar-refractivity contribution in [1.29, 1.82) is 0 Å². The van der Waals surface area contributed by atoms with Crippen LogP contribution in [0.4, 0.5) is 10.1 Å². The number of nitrogens with one attached hydrogen (secondary N) is 2. The van der Waals surface area contributed by atoms with Crippen molar-refractivity contribution in [2.45, 2.75) is 12.2 Å². The Balaban J connectivity index is 1.84. The lowest BCUT2D eigenvalue weighted by atomic mass is 10.0. The summed E-state index contributed by atoms with van der Waals surface area (Å²) < 4.78 is 27.5. The number of H-pyrrole nitrogens is 1. The third-order valence-corrected chi connectivity index (χ3v) is 5.89. The van der Waals surface area contributed by atoms with Gasteiger partial charge in [0.25, 0.3) is 0 Å². The van der Waals surface area contributed by atoms with Gasteiger partial charge < -0.3 is 26.3 Å². The molecule has 182 valence electrons. The van der Waals surface area contributed by atoms with Gasteiger partial charge in [0.15, 0.2) is 23.1 Å². The van der Waals surface area contributed by atoms with Gasteiger partial charge >= 0.3 is 5.69 Å². The molecule has 0 saturated carbocycles. The largest absolute Gasteiger partial charge is 0.493 e. The lowest BCUT2D eigenvalue weighted by Gasteiger charge is -2.21. The van der Waals surface area contributed by atoms with E-state index in [2.05, 4.69) is 36.3 Å². The highest BCUT2D eigenvalue weighted by Gasteiger charge is 2.26. The normalized spacial score (nSPS) is 12.0. The lowest BCUT2D eigenvalue weighted by molar-refractivity contribution is 0.351. The third-order valence-electron chi connectivity index (χ3n) is 5.27. The summed E-state index contributed by atoms with van der Waals surface area (Å²) in [6, 6.07) is 12.2. The molecule has 6 N–H and O–H groups in total. The average molecular weight is 544 g/mol. The van der Waals surface area contributed by atoms with Crippen LogP contribution in [0, 0.1) is 5.82 Å². The van der Waals surface area contributed by atoms with E-state index in [1.165, 1.54) is 32.5 Å². The highest BCUT2D eigenvalue weighted by Crippen LogP contribution is 2.35. The molecular formula is C23H23BrFN7O3. The van der Waals surface area contributed by atoms with Crippen molar-refractivity contribution < 1.29 is 13.9 Å². The molecule has 0 fully saturated rings. The molecule has 0 radical (unpaired) electrons. The van der Waals surface area contributed by atoms with Crippen LogP contribution in [-0.4, -0.2) is 34.0 Å². The second-order valence-electron chi connectivity index (χ2n) is 7.49. The number of halogens is 2. The van der Waals surface area contributed by atoms with Gasteiger partial charge in [-0.25, -0.2) is 14.2 Å². The fourth-order valence-electron chi connectivity index (χ4n) is 3.50. The Kier molecular flexibility index (Phi) is 7.15. The predicted octanol–water partition coefficient (Wildman–Crippen LogP) is 2.99. The number of hydrogen-bond acceptors (Lipinski definition) is 8. The maximum atomic E-state index is 15.3. The quantitative estimate of drug-likeness (QED) is 0.248. The number of anilines is 1. The van der Waals surface area contributed by atoms with Gasteiger partial charge in [0, 0.05) is 23.5 Å². The highest BCUT2D eigenvalue weighted by molar-refractivity contribution is 9.10. The van der Waals surface area contributed by atoms with Crippen LogP contribution in [0.3, 0.4) is 0 Å². The van der Waals surface area contributed by atoms with E-state index in [0.29, 0.717) is 15.9 Å². The first-order valence-corrected chi connectivity index (χ1v) is 11.2. The number of methoxy groups -OCH3 is 2. The molecule has 0 spiro atoms. The minimum Gasteiger partial charge on any atom is -0.493 e. The van der Waals surface area contributed by atoms with Crippen molar-refractivity contribution in [3.8, 4) is 17.3 Å². The molecule has 2 aromatic heterocycles. The summed E-state index contributed by atoms with van der Waals surface area (Å²) >= 11 is 3.37. The molecule has 1 unspecified atom stereocenters. The van der Waals surface area contributed by atoms with Crippen LogP contribution >= 0.6 is 15.9 Å². The van der Waals surface area contributed by atoms with Crippen LogP contribution in [0.2, 0.25) is 0 Å². The zero-order valence-corrected chi connectivity index (χ0v) is 20.4. The Bertz CT molecular complexity index is 1390. The summed E-state index contributed by atoms with van der Waals surface area (Å²) in [5.74, 6) is 0.390. The SMILES string of the molecule is COc1cc(F)c(C(Nc2ccc(C(N)N)cc2)c2nn(-c3ncccc3Br)c(=O)[nH]2)cc1OC. The predicted molar refractivity (Wildman–Crippen MR) is 132 cm³/mol. The molecular weight excluding hydrogens is 521 g/mol. The van der Waals surface area contributed by atoms with Crippen molar-refractivity contribution >= 4 is 21.6 Å². The van der Waals surface area contributed by atoms with Gasteiger partial charge in [-0.15, -0.1) is 5.10 Å². The smallest absolute Gasteiger partial charge is 0.349 e. The zero-order chi connectivity index (χ0) is 25.1. The minimum absolute atomic E-state index is 0.151. The molecule has 12 heteroatoms. The fourth-order valence-corrected chi connectivity index (χ4v) is 3.92. The van der Waals surface area contributed by atoms with Gasteiger partial charge in [0.1, 0.15) is 11.9 Å². The Morgan fingerprint density at radius 2 is 1.80 bits per heavy atom. The summed E-state index contributed by atoms with van der Waals surface area (Å²) in [7, 11) is 2.87.